The van der Waals surface area contributed by atoms with E-state index in [4.69, 9.17) is 4.74 Å². The van der Waals surface area contributed by atoms with E-state index in [9.17, 15) is 4.39 Å². The van der Waals surface area contributed by atoms with Crippen LogP contribution in [0.25, 0.3) is 10.2 Å². The highest BCUT2D eigenvalue weighted by Crippen LogP contribution is 2.33. The van der Waals surface area contributed by atoms with E-state index in [0.717, 1.165) is 21.9 Å². The second kappa shape index (κ2) is 4.84. The van der Waals surface area contributed by atoms with Crippen molar-refractivity contribution in [3.8, 4) is 5.75 Å². The van der Waals surface area contributed by atoms with Crippen LogP contribution >= 0.6 is 11.3 Å². The molecular formula is C14H18FNOS. The fourth-order valence-corrected chi connectivity index (χ4v) is 2.54. The Hall–Kier alpha value is -1.16. The van der Waals surface area contributed by atoms with Crippen molar-refractivity contribution >= 4 is 21.6 Å². The largest absolute Gasteiger partial charge is 0.492 e. The van der Waals surface area contributed by atoms with Gasteiger partial charge in [-0.3, -0.25) is 0 Å². The molecule has 0 bridgehead atoms. The zero-order chi connectivity index (χ0) is 13.3. The number of rotatable bonds is 3. The van der Waals surface area contributed by atoms with Crippen molar-refractivity contribution < 1.29 is 9.13 Å². The minimum Gasteiger partial charge on any atom is -0.492 e. The summed E-state index contributed by atoms with van der Waals surface area (Å²) in [5.74, 6) is 0.457. The molecule has 18 heavy (non-hydrogen) atoms. The van der Waals surface area contributed by atoms with Gasteiger partial charge in [0.05, 0.1) is 16.3 Å². The second-order valence-electron chi connectivity index (χ2n) is 5.62. The lowest BCUT2D eigenvalue weighted by Gasteiger charge is -2.18. The maximum absolute atomic E-state index is 13.6. The average molecular weight is 267 g/mol. The first-order valence-electron chi connectivity index (χ1n) is 6.05. The molecule has 0 fully saturated rings. The molecule has 1 aromatic heterocycles. The molecule has 0 aliphatic carbocycles. The Morgan fingerprint density at radius 3 is 2.72 bits per heavy atom. The third-order valence-corrected chi connectivity index (χ3v) is 3.66. The third kappa shape index (κ3) is 2.99. The average Bonchev–Trinajstić information content (AvgIpc) is 2.63. The van der Waals surface area contributed by atoms with Crippen LogP contribution in [0.1, 0.15) is 32.2 Å². The van der Waals surface area contributed by atoms with Gasteiger partial charge in [-0.1, -0.05) is 20.8 Å². The molecule has 2 nitrogen and oxygen atoms in total. The molecule has 98 valence electrons. The van der Waals surface area contributed by atoms with Crippen LogP contribution in [0.5, 0.6) is 5.75 Å². The Kier molecular flexibility index (Phi) is 3.57. The van der Waals surface area contributed by atoms with E-state index in [2.05, 4.69) is 25.8 Å². The summed E-state index contributed by atoms with van der Waals surface area (Å²) in [6.07, 6.45) is 0.962. The van der Waals surface area contributed by atoms with Gasteiger partial charge in [-0.05, 0) is 30.9 Å². The summed E-state index contributed by atoms with van der Waals surface area (Å²) in [5, 5.41) is 0.857. The van der Waals surface area contributed by atoms with Crippen LogP contribution in [0.2, 0.25) is 0 Å². The van der Waals surface area contributed by atoms with E-state index in [1.165, 1.54) is 17.4 Å². The van der Waals surface area contributed by atoms with Gasteiger partial charge in [-0.25, -0.2) is 9.37 Å². The molecule has 0 aliphatic heterocycles. The number of fused-ring (bicyclic) bond motifs is 1. The van der Waals surface area contributed by atoms with Crippen LogP contribution < -0.4 is 4.74 Å². The summed E-state index contributed by atoms with van der Waals surface area (Å²) >= 11 is 1.47. The van der Waals surface area contributed by atoms with Crippen molar-refractivity contribution in [3.63, 3.8) is 0 Å². The molecule has 0 radical (unpaired) electrons. The first kappa shape index (κ1) is 13.3. The molecule has 0 saturated carbocycles. The van der Waals surface area contributed by atoms with Gasteiger partial charge < -0.3 is 4.74 Å². The number of aromatic nitrogens is 1. The maximum Gasteiger partial charge on any atom is 0.150 e. The number of ether oxygens (including phenoxy) is 1. The summed E-state index contributed by atoms with van der Waals surface area (Å²) in [7, 11) is 0. The van der Waals surface area contributed by atoms with Gasteiger partial charge in [0.15, 0.2) is 5.82 Å². The molecule has 2 rings (SSSR count). The highest BCUT2D eigenvalue weighted by Gasteiger charge is 2.14. The number of hydrogen-bond acceptors (Lipinski definition) is 3. The number of hydrogen-bond donors (Lipinski definition) is 0. The Morgan fingerprint density at radius 1 is 1.33 bits per heavy atom. The predicted molar refractivity (Wildman–Crippen MR) is 73.9 cm³/mol. The summed E-state index contributed by atoms with van der Waals surface area (Å²) in [4.78, 5) is 4.19. The number of thiazole rings is 1. The number of nitrogens with zero attached hydrogens (tertiary/aromatic N) is 1. The normalized spacial score (nSPS) is 12.1. The first-order chi connectivity index (χ1) is 8.37. The molecule has 0 spiro atoms. The van der Waals surface area contributed by atoms with E-state index in [-0.39, 0.29) is 11.2 Å². The highest BCUT2D eigenvalue weighted by molar-refractivity contribution is 7.18. The van der Waals surface area contributed by atoms with Crippen LogP contribution in [0.15, 0.2) is 12.1 Å². The van der Waals surface area contributed by atoms with Crippen molar-refractivity contribution in [2.24, 2.45) is 5.41 Å². The fraction of sp³-hybridized carbons (Fsp3) is 0.500. The summed E-state index contributed by atoms with van der Waals surface area (Å²) in [6, 6.07) is 3.12. The first-order valence-corrected chi connectivity index (χ1v) is 6.87. The van der Waals surface area contributed by atoms with Crippen LogP contribution in [-0.2, 0) is 0 Å². The van der Waals surface area contributed by atoms with Crippen molar-refractivity contribution in [2.75, 3.05) is 6.61 Å². The Labute approximate surface area is 111 Å². The number of halogens is 1. The maximum atomic E-state index is 13.6. The molecule has 0 atom stereocenters. The third-order valence-electron chi connectivity index (χ3n) is 2.67. The summed E-state index contributed by atoms with van der Waals surface area (Å²) < 4.78 is 20.2. The monoisotopic (exact) mass is 267 g/mol. The molecule has 4 heteroatoms. The molecule has 0 saturated heterocycles. The summed E-state index contributed by atoms with van der Waals surface area (Å²) in [6.45, 7) is 9.04. The van der Waals surface area contributed by atoms with E-state index in [0.29, 0.717) is 12.1 Å². The topological polar surface area (TPSA) is 22.1 Å². The van der Waals surface area contributed by atoms with E-state index in [1.54, 1.807) is 6.07 Å². The van der Waals surface area contributed by atoms with Gasteiger partial charge >= 0.3 is 0 Å². The lowest BCUT2D eigenvalue weighted by atomic mass is 9.93. The minimum atomic E-state index is -0.280. The quantitative estimate of drug-likeness (QED) is 0.813. The van der Waals surface area contributed by atoms with Crippen molar-refractivity contribution in [3.05, 3.63) is 23.0 Å². The Balaban J connectivity index is 2.21. The SMILES string of the molecule is Cc1nc2c(F)ccc(OCCC(C)(C)C)c2s1. The van der Waals surface area contributed by atoms with E-state index < -0.39 is 0 Å². The van der Waals surface area contributed by atoms with Crippen molar-refractivity contribution in [2.45, 2.75) is 34.1 Å². The number of benzene rings is 1. The highest BCUT2D eigenvalue weighted by atomic mass is 32.1. The molecule has 0 N–H and O–H groups in total. The Morgan fingerprint density at radius 2 is 2.06 bits per heavy atom. The Bertz CT molecular complexity index is 557. The molecular weight excluding hydrogens is 249 g/mol. The van der Waals surface area contributed by atoms with Crippen molar-refractivity contribution in [1.29, 1.82) is 0 Å². The zero-order valence-electron chi connectivity index (χ0n) is 11.2. The molecule has 0 aliphatic rings. The minimum absolute atomic E-state index is 0.239. The predicted octanol–water partition coefficient (Wildman–Crippen LogP) is 4.56. The number of aryl methyl sites for hydroxylation is 1. The molecule has 1 heterocycles. The van der Waals surface area contributed by atoms with Crippen LogP contribution in [0.4, 0.5) is 4.39 Å². The van der Waals surface area contributed by atoms with Gasteiger partial charge in [0, 0.05) is 0 Å². The van der Waals surface area contributed by atoms with Gasteiger partial charge in [0.2, 0.25) is 0 Å². The van der Waals surface area contributed by atoms with E-state index >= 15 is 0 Å². The van der Waals surface area contributed by atoms with E-state index in [1.807, 2.05) is 6.92 Å². The van der Waals surface area contributed by atoms with Crippen molar-refractivity contribution in [1.82, 2.24) is 4.98 Å². The van der Waals surface area contributed by atoms with Gasteiger partial charge in [0.1, 0.15) is 11.3 Å². The molecule has 1 aromatic carbocycles. The van der Waals surface area contributed by atoms with Crippen LogP contribution in [-0.4, -0.2) is 11.6 Å². The smallest absolute Gasteiger partial charge is 0.150 e. The zero-order valence-corrected chi connectivity index (χ0v) is 12.0. The van der Waals surface area contributed by atoms with Gasteiger partial charge in [0.25, 0.3) is 0 Å². The van der Waals surface area contributed by atoms with Crippen LogP contribution in [0.3, 0.4) is 0 Å². The lowest BCUT2D eigenvalue weighted by molar-refractivity contribution is 0.245. The molecule has 2 aromatic rings. The molecule has 0 amide bonds. The molecule has 0 unspecified atom stereocenters. The summed E-state index contributed by atoms with van der Waals surface area (Å²) in [5.41, 5.74) is 0.661. The standard InChI is InChI=1S/C14H18FNOS/c1-9-16-12-10(15)5-6-11(13(12)18-9)17-8-7-14(2,3)4/h5-6H,7-8H2,1-4H3. The lowest BCUT2D eigenvalue weighted by Crippen LogP contribution is -2.11. The van der Waals surface area contributed by atoms with Crippen LogP contribution in [0, 0.1) is 18.2 Å². The van der Waals surface area contributed by atoms with Gasteiger partial charge in [-0.2, -0.15) is 0 Å². The second-order valence-corrected chi connectivity index (χ2v) is 6.82. The fourth-order valence-electron chi connectivity index (χ4n) is 1.64. The van der Waals surface area contributed by atoms with Gasteiger partial charge in [-0.15, -0.1) is 11.3 Å².